The van der Waals surface area contributed by atoms with E-state index in [9.17, 15) is 32.6 Å². The number of anilines is 1. The number of nitrogens with zero attached hydrogens (tertiary/aromatic N) is 2. The second-order valence-corrected chi connectivity index (χ2v) is 10.0. The Kier molecular flexibility index (Phi) is 8.91. The van der Waals surface area contributed by atoms with Gasteiger partial charge in [0.05, 0.1) is 37.0 Å². The average Bonchev–Trinajstić information content (AvgIpc) is 2.90. The van der Waals surface area contributed by atoms with Gasteiger partial charge in [0.2, 0.25) is 0 Å². The lowest BCUT2D eigenvalue weighted by Gasteiger charge is -2.41. The van der Waals surface area contributed by atoms with Crippen molar-refractivity contribution in [3.05, 3.63) is 65.4 Å². The Morgan fingerprint density at radius 1 is 1.15 bits per heavy atom. The molecule has 0 amide bonds. The fourth-order valence-electron chi connectivity index (χ4n) is 5.34. The molecule has 1 atom stereocenters. The molecule has 1 aliphatic heterocycles. The maximum absolute atomic E-state index is 14.8. The van der Waals surface area contributed by atoms with E-state index in [2.05, 4.69) is 15.2 Å². The lowest BCUT2D eigenvalue weighted by Crippen LogP contribution is -2.43. The van der Waals surface area contributed by atoms with Gasteiger partial charge in [-0.3, -0.25) is 9.78 Å². The number of methoxy groups -OCH3 is 1. The number of halogens is 4. The van der Waals surface area contributed by atoms with E-state index in [1.165, 1.54) is 7.11 Å². The van der Waals surface area contributed by atoms with E-state index >= 15 is 0 Å². The van der Waals surface area contributed by atoms with Gasteiger partial charge in [-0.2, -0.15) is 0 Å². The van der Waals surface area contributed by atoms with E-state index in [1.807, 2.05) is 0 Å². The number of rotatable bonds is 11. The fourth-order valence-corrected chi connectivity index (χ4v) is 5.34. The number of hydrogen-bond donors (Lipinski definition) is 3. The highest BCUT2D eigenvalue weighted by atomic mass is 19.2. The van der Waals surface area contributed by atoms with Gasteiger partial charge in [-0.15, -0.1) is 0 Å². The summed E-state index contributed by atoms with van der Waals surface area (Å²) < 4.78 is 60.7. The predicted octanol–water partition coefficient (Wildman–Crippen LogP) is 5.28. The summed E-state index contributed by atoms with van der Waals surface area (Å²) in [5.74, 6) is -4.39. The molecule has 0 saturated carbocycles. The first kappa shape index (κ1) is 28.6. The van der Waals surface area contributed by atoms with Crippen LogP contribution in [0.25, 0.3) is 10.9 Å². The van der Waals surface area contributed by atoms with Gasteiger partial charge in [0.15, 0.2) is 11.6 Å². The van der Waals surface area contributed by atoms with Crippen LogP contribution in [0.4, 0.5) is 23.2 Å². The highest BCUT2D eigenvalue weighted by Gasteiger charge is 2.37. The van der Waals surface area contributed by atoms with E-state index in [0.717, 1.165) is 12.3 Å². The Labute approximate surface area is 223 Å². The Bertz CT molecular complexity index is 1330. The third-order valence-corrected chi connectivity index (χ3v) is 7.53. The minimum Gasteiger partial charge on any atom is -0.497 e. The van der Waals surface area contributed by atoms with E-state index in [0.29, 0.717) is 61.6 Å². The molecule has 0 radical (unpaired) electrons. The van der Waals surface area contributed by atoms with Crippen molar-refractivity contribution in [3.63, 3.8) is 0 Å². The van der Waals surface area contributed by atoms with Crippen molar-refractivity contribution < 1.29 is 37.3 Å². The first-order valence-electron chi connectivity index (χ1n) is 12.7. The van der Waals surface area contributed by atoms with Crippen LogP contribution < -0.4 is 10.1 Å². The number of ether oxygens (including phenoxy) is 1. The lowest BCUT2D eigenvalue weighted by molar-refractivity contribution is -0.141. The Morgan fingerprint density at radius 2 is 1.90 bits per heavy atom. The predicted molar refractivity (Wildman–Crippen MR) is 138 cm³/mol. The molecule has 3 N–H and O–H groups in total. The molecule has 1 fully saturated rings. The molecule has 2 aromatic carbocycles. The molecule has 11 heteroatoms. The number of hydrogen-bond acceptors (Lipinski definition) is 6. The van der Waals surface area contributed by atoms with Crippen molar-refractivity contribution in [2.45, 2.75) is 38.2 Å². The molecule has 210 valence electrons. The lowest BCUT2D eigenvalue weighted by atomic mass is 9.71. The van der Waals surface area contributed by atoms with Crippen molar-refractivity contribution >= 4 is 22.6 Å². The number of nitrogens with one attached hydrogen (secondary N) is 1. The molecule has 4 rings (SSSR count). The molecule has 0 unspecified atom stereocenters. The number of likely N-dealkylation sites (tertiary alicyclic amines) is 1. The highest BCUT2D eigenvalue weighted by molar-refractivity contribution is 5.84. The van der Waals surface area contributed by atoms with Gasteiger partial charge in [0.1, 0.15) is 17.4 Å². The van der Waals surface area contributed by atoms with Crippen molar-refractivity contribution in [2.24, 2.45) is 5.41 Å². The zero-order valence-electron chi connectivity index (χ0n) is 21.5. The maximum atomic E-state index is 14.8. The van der Waals surface area contributed by atoms with Crippen LogP contribution in [0.5, 0.6) is 5.75 Å². The standard InChI is InChI=1S/C28H31F4N3O4/c1-39-18-2-3-22-19(14-18)26(21(31)16-34-22)24(36)4-5-28(15-25(37)38)6-9-35(10-7-28)11-8-33-23-13-17(29)12-20(30)27(23)32/h2-3,12-14,16,24,33,36H,4-11,15H2,1H3,(H,37,38)/t24-/m0/s1. The van der Waals surface area contributed by atoms with Crippen LogP contribution in [0, 0.1) is 28.7 Å². The third kappa shape index (κ3) is 6.77. The molecule has 1 aromatic heterocycles. The normalized spacial score (nSPS) is 16.3. The summed E-state index contributed by atoms with van der Waals surface area (Å²) in [7, 11) is 1.49. The number of pyridine rings is 1. The first-order valence-corrected chi connectivity index (χ1v) is 12.7. The van der Waals surface area contributed by atoms with Crippen molar-refractivity contribution in [1.82, 2.24) is 9.88 Å². The number of benzene rings is 2. The van der Waals surface area contributed by atoms with Crippen LogP contribution in [0.1, 0.15) is 43.8 Å². The summed E-state index contributed by atoms with van der Waals surface area (Å²) in [6.45, 7) is 1.80. The smallest absolute Gasteiger partial charge is 0.303 e. The SMILES string of the molecule is COc1ccc2ncc(F)c([C@@H](O)CCC3(CC(=O)O)CCN(CCNc4cc(F)cc(F)c4F)CC3)c2c1. The molecule has 0 bridgehead atoms. The van der Waals surface area contributed by atoms with Gasteiger partial charge < -0.3 is 25.2 Å². The molecule has 39 heavy (non-hydrogen) atoms. The van der Waals surface area contributed by atoms with Gasteiger partial charge >= 0.3 is 5.97 Å². The molecule has 0 aliphatic carbocycles. The zero-order chi connectivity index (χ0) is 28.2. The molecular formula is C28H31F4N3O4. The van der Waals surface area contributed by atoms with Crippen LogP contribution in [0.3, 0.4) is 0 Å². The molecule has 3 aromatic rings. The number of fused-ring (bicyclic) bond motifs is 1. The molecule has 2 heterocycles. The second-order valence-electron chi connectivity index (χ2n) is 10.0. The van der Waals surface area contributed by atoms with E-state index in [1.54, 1.807) is 18.2 Å². The van der Waals surface area contributed by atoms with Crippen LogP contribution in [-0.2, 0) is 4.79 Å². The Balaban J connectivity index is 1.39. The van der Waals surface area contributed by atoms with Crippen LogP contribution >= 0.6 is 0 Å². The largest absolute Gasteiger partial charge is 0.497 e. The number of aromatic nitrogens is 1. The number of aliphatic hydroxyl groups is 1. The fraction of sp³-hybridized carbons (Fsp3) is 0.429. The van der Waals surface area contributed by atoms with Crippen LogP contribution in [0.2, 0.25) is 0 Å². The number of carbonyl (C=O) groups is 1. The number of carboxylic acid groups (broad SMARTS) is 1. The van der Waals surface area contributed by atoms with Crippen molar-refractivity contribution in [3.8, 4) is 5.75 Å². The number of piperidine rings is 1. The zero-order valence-corrected chi connectivity index (χ0v) is 21.5. The quantitative estimate of drug-likeness (QED) is 0.221. The van der Waals surface area contributed by atoms with E-state index in [-0.39, 0.29) is 30.6 Å². The summed E-state index contributed by atoms with van der Waals surface area (Å²) in [5.41, 5.74) is -0.235. The minimum atomic E-state index is -1.27. The highest BCUT2D eigenvalue weighted by Crippen LogP contribution is 2.42. The van der Waals surface area contributed by atoms with Gasteiger partial charge in [0, 0.05) is 36.2 Å². The number of aliphatic hydroxyl groups excluding tert-OH is 1. The Morgan fingerprint density at radius 3 is 2.59 bits per heavy atom. The summed E-state index contributed by atoms with van der Waals surface area (Å²) in [5, 5.41) is 23.8. The monoisotopic (exact) mass is 549 g/mol. The Hall–Kier alpha value is -3.44. The number of aliphatic carboxylic acids is 1. The summed E-state index contributed by atoms with van der Waals surface area (Å²) in [4.78, 5) is 17.9. The van der Waals surface area contributed by atoms with Crippen LogP contribution in [0.15, 0.2) is 36.5 Å². The average molecular weight is 550 g/mol. The van der Waals surface area contributed by atoms with Crippen LogP contribution in [-0.4, -0.2) is 59.4 Å². The van der Waals surface area contributed by atoms with E-state index in [4.69, 9.17) is 4.74 Å². The first-order chi connectivity index (χ1) is 18.6. The molecule has 7 nitrogen and oxygen atoms in total. The van der Waals surface area contributed by atoms with Gasteiger partial charge in [-0.1, -0.05) is 0 Å². The van der Waals surface area contributed by atoms with E-state index < -0.39 is 40.8 Å². The van der Waals surface area contributed by atoms with Gasteiger partial charge in [0.25, 0.3) is 0 Å². The molecule has 1 saturated heterocycles. The topological polar surface area (TPSA) is 94.9 Å². The minimum absolute atomic E-state index is 0.0903. The maximum Gasteiger partial charge on any atom is 0.303 e. The second kappa shape index (κ2) is 12.2. The summed E-state index contributed by atoms with van der Waals surface area (Å²) in [6.07, 6.45) is 1.39. The van der Waals surface area contributed by atoms with Crippen molar-refractivity contribution in [2.75, 3.05) is 38.6 Å². The molecule has 0 spiro atoms. The number of carboxylic acids is 1. The van der Waals surface area contributed by atoms with Crippen molar-refractivity contribution in [1.29, 1.82) is 0 Å². The van der Waals surface area contributed by atoms with Gasteiger partial charge in [-0.25, -0.2) is 17.6 Å². The molecular weight excluding hydrogens is 518 g/mol. The third-order valence-electron chi connectivity index (χ3n) is 7.53. The van der Waals surface area contributed by atoms with Gasteiger partial charge in [-0.05, 0) is 62.4 Å². The summed E-state index contributed by atoms with van der Waals surface area (Å²) >= 11 is 0. The molecule has 1 aliphatic rings. The summed E-state index contributed by atoms with van der Waals surface area (Å²) in [6, 6.07) is 6.36.